The molecule has 0 radical (unpaired) electrons. The zero-order valence-electron chi connectivity index (χ0n) is 9.97. The second kappa shape index (κ2) is 3.96. The number of aromatic nitrogens is 3. The number of nitrogens with zero attached hydrogens (tertiary/aromatic N) is 3. The quantitative estimate of drug-likeness (QED) is 0.839. The summed E-state index contributed by atoms with van der Waals surface area (Å²) in [4.78, 5) is 16.0. The van der Waals surface area contributed by atoms with Gasteiger partial charge < -0.3 is 5.73 Å². The molecule has 0 saturated heterocycles. The Morgan fingerprint density at radius 2 is 2.18 bits per heavy atom. The molecule has 0 aromatic carbocycles. The molecular formula is C11H14N4OS. The zero-order valence-corrected chi connectivity index (χ0v) is 10.8. The van der Waals surface area contributed by atoms with Gasteiger partial charge in [-0.05, 0) is 0 Å². The molecule has 0 aliphatic rings. The fourth-order valence-electron chi connectivity index (χ4n) is 1.35. The first-order valence-corrected chi connectivity index (χ1v) is 6.13. The minimum absolute atomic E-state index is 0.137. The van der Waals surface area contributed by atoms with Gasteiger partial charge in [0, 0.05) is 16.9 Å². The summed E-state index contributed by atoms with van der Waals surface area (Å²) in [7, 11) is 0. The van der Waals surface area contributed by atoms with E-state index in [1.165, 1.54) is 16.0 Å². The predicted octanol–water partition coefficient (Wildman–Crippen LogP) is 1.91. The van der Waals surface area contributed by atoms with Crippen LogP contribution >= 0.6 is 11.3 Å². The molecular weight excluding hydrogens is 236 g/mol. The number of anilines is 1. The summed E-state index contributed by atoms with van der Waals surface area (Å²) in [5, 5.41) is 5.92. The maximum absolute atomic E-state index is 12.0. The molecule has 2 N–H and O–H groups in total. The first kappa shape index (κ1) is 11.8. The minimum Gasteiger partial charge on any atom is -0.383 e. The molecule has 0 spiro atoms. The van der Waals surface area contributed by atoms with E-state index >= 15 is 0 Å². The van der Waals surface area contributed by atoms with Crippen LogP contribution in [-0.4, -0.2) is 20.7 Å². The van der Waals surface area contributed by atoms with E-state index in [-0.39, 0.29) is 11.3 Å². The minimum atomic E-state index is -0.292. The average Bonchev–Trinajstić information content (AvgIpc) is 2.83. The van der Waals surface area contributed by atoms with Crippen LogP contribution in [-0.2, 0) is 5.41 Å². The molecule has 90 valence electrons. The second-order valence-electron chi connectivity index (χ2n) is 4.80. The topological polar surface area (TPSA) is 73.8 Å². The van der Waals surface area contributed by atoms with Gasteiger partial charge in [-0.25, -0.2) is 4.98 Å². The monoisotopic (exact) mass is 250 g/mol. The zero-order chi connectivity index (χ0) is 12.6. The number of hydrogen-bond acceptors (Lipinski definition) is 5. The molecule has 0 aliphatic heterocycles. The SMILES string of the molecule is CC(C)(C)c1cc(N)n(C(=O)c2cscn2)n1. The number of carbonyl (C=O) groups is 1. The van der Waals surface area contributed by atoms with E-state index in [4.69, 9.17) is 5.73 Å². The summed E-state index contributed by atoms with van der Waals surface area (Å²) >= 11 is 1.37. The highest BCUT2D eigenvalue weighted by Crippen LogP contribution is 2.23. The van der Waals surface area contributed by atoms with Crippen molar-refractivity contribution in [1.29, 1.82) is 0 Å². The van der Waals surface area contributed by atoms with Gasteiger partial charge in [0.2, 0.25) is 0 Å². The fraction of sp³-hybridized carbons (Fsp3) is 0.364. The molecule has 0 bridgehead atoms. The lowest BCUT2D eigenvalue weighted by Gasteiger charge is -2.13. The molecule has 0 fully saturated rings. The fourth-order valence-corrected chi connectivity index (χ4v) is 1.88. The van der Waals surface area contributed by atoms with Gasteiger partial charge in [-0.15, -0.1) is 11.3 Å². The van der Waals surface area contributed by atoms with Crippen molar-refractivity contribution in [2.24, 2.45) is 0 Å². The van der Waals surface area contributed by atoms with Crippen LogP contribution in [0.1, 0.15) is 37.0 Å². The van der Waals surface area contributed by atoms with Crippen molar-refractivity contribution < 1.29 is 4.79 Å². The molecule has 2 heterocycles. The molecule has 2 aromatic heterocycles. The average molecular weight is 250 g/mol. The van der Waals surface area contributed by atoms with Crippen molar-refractivity contribution in [2.75, 3.05) is 5.73 Å². The van der Waals surface area contributed by atoms with Gasteiger partial charge in [-0.3, -0.25) is 4.79 Å². The smallest absolute Gasteiger partial charge is 0.299 e. The van der Waals surface area contributed by atoms with Crippen LogP contribution in [0, 0.1) is 0 Å². The molecule has 17 heavy (non-hydrogen) atoms. The van der Waals surface area contributed by atoms with Crippen LogP contribution in [0.3, 0.4) is 0 Å². The van der Waals surface area contributed by atoms with Crippen LogP contribution in [0.5, 0.6) is 0 Å². The van der Waals surface area contributed by atoms with Gasteiger partial charge in [-0.1, -0.05) is 20.8 Å². The van der Waals surface area contributed by atoms with E-state index in [1.54, 1.807) is 17.0 Å². The second-order valence-corrected chi connectivity index (χ2v) is 5.51. The van der Waals surface area contributed by atoms with Crippen LogP contribution in [0.4, 0.5) is 5.82 Å². The summed E-state index contributed by atoms with van der Waals surface area (Å²) in [5.74, 6) is 0.0483. The van der Waals surface area contributed by atoms with Crippen molar-refractivity contribution in [3.8, 4) is 0 Å². The van der Waals surface area contributed by atoms with Gasteiger partial charge in [0.1, 0.15) is 11.5 Å². The maximum Gasteiger partial charge on any atom is 0.299 e. The van der Waals surface area contributed by atoms with E-state index in [1.807, 2.05) is 20.8 Å². The highest BCUT2D eigenvalue weighted by molar-refractivity contribution is 7.07. The number of rotatable bonds is 1. The van der Waals surface area contributed by atoms with Crippen LogP contribution in [0.2, 0.25) is 0 Å². The van der Waals surface area contributed by atoms with Crippen LogP contribution in [0.15, 0.2) is 17.0 Å². The summed E-state index contributed by atoms with van der Waals surface area (Å²) in [6, 6.07) is 1.73. The molecule has 0 atom stereocenters. The van der Waals surface area contributed by atoms with Gasteiger partial charge >= 0.3 is 0 Å². The molecule has 2 rings (SSSR count). The Morgan fingerprint density at radius 3 is 2.65 bits per heavy atom. The van der Waals surface area contributed by atoms with Gasteiger partial charge in [0.15, 0.2) is 0 Å². The third-order valence-electron chi connectivity index (χ3n) is 2.35. The summed E-state index contributed by atoms with van der Waals surface area (Å²) in [6.07, 6.45) is 0. The van der Waals surface area contributed by atoms with Crippen molar-refractivity contribution in [1.82, 2.24) is 14.8 Å². The van der Waals surface area contributed by atoms with E-state index in [9.17, 15) is 4.79 Å². The maximum atomic E-state index is 12.0. The molecule has 0 saturated carbocycles. The Balaban J connectivity index is 2.41. The standard InChI is InChI=1S/C11H14N4OS/c1-11(2,3)8-4-9(12)15(14-8)10(16)7-5-17-6-13-7/h4-6H,12H2,1-3H3. The van der Waals surface area contributed by atoms with Crippen LogP contribution in [0.25, 0.3) is 0 Å². The first-order chi connectivity index (χ1) is 7.89. The molecule has 0 unspecified atom stereocenters. The van der Waals surface area contributed by atoms with Crippen molar-refractivity contribution in [3.63, 3.8) is 0 Å². The van der Waals surface area contributed by atoms with Gasteiger partial charge in [0.05, 0.1) is 11.2 Å². The molecule has 0 amide bonds. The number of nitrogen functional groups attached to an aromatic ring is 1. The lowest BCUT2D eigenvalue weighted by Crippen LogP contribution is -2.18. The Hall–Kier alpha value is -1.69. The molecule has 0 aliphatic carbocycles. The number of hydrogen-bond donors (Lipinski definition) is 1. The van der Waals surface area contributed by atoms with Crippen molar-refractivity contribution >= 4 is 23.1 Å². The third-order valence-corrected chi connectivity index (χ3v) is 2.94. The van der Waals surface area contributed by atoms with E-state index < -0.39 is 0 Å². The number of nitrogens with two attached hydrogens (primary N) is 1. The molecule has 5 nitrogen and oxygen atoms in total. The molecule has 2 aromatic rings. The Morgan fingerprint density at radius 1 is 1.47 bits per heavy atom. The lowest BCUT2D eigenvalue weighted by molar-refractivity contribution is 0.0943. The third kappa shape index (κ3) is 2.21. The van der Waals surface area contributed by atoms with Gasteiger partial charge in [0.25, 0.3) is 5.91 Å². The highest BCUT2D eigenvalue weighted by atomic mass is 32.1. The summed E-state index contributed by atoms with van der Waals surface area (Å²) in [5.41, 5.74) is 8.43. The largest absolute Gasteiger partial charge is 0.383 e. The van der Waals surface area contributed by atoms with Crippen molar-refractivity contribution in [3.05, 3.63) is 28.3 Å². The Bertz CT molecular complexity index is 536. The first-order valence-electron chi connectivity index (χ1n) is 5.18. The Labute approximate surface area is 103 Å². The number of carbonyl (C=O) groups excluding carboxylic acids is 1. The van der Waals surface area contributed by atoms with E-state index in [2.05, 4.69) is 10.1 Å². The van der Waals surface area contributed by atoms with E-state index in [0.717, 1.165) is 5.69 Å². The summed E-state index contributed by atoms with van der Waals surface area (Å²) in [6.45, 7) is 6.06. The van der Waals surface area contributed by atoms with Crippen molar-refractivity contribution in [2.45, 2.75) is 26.2 Å². The lowest BCUT2D eigenvalue weighted by atomic mass is 9.92. The highest BCUT2D eigenvalue weighted by Gasteiger charge is 2.22. The molecule has 6 heteroatoms. The summed E-state index contributed by atoms with van der Waals surface area (Å²) < 4.78 is 1.20. The normalized spacial score (nSPS) is 11.7. The number of thiazole rings is 1. The predicted molar refractivity (Wildman–Crippen MR) is 67.2 cm³/mol. The Kier molecular flexibility index (Phi) is 2.74. The van der Waals surface area contributed by atoms with E-state index in [0.29, 0.717) is 11.5 Å². The van der Waals surface area contributed by atoms with Gasteiger partial charge in [-0.2, -0.15) is 9.78 Å². The van der Waals surface area contributed by atoms with Crippen LogP contribution < -0.4 is 5.73 Å².